The first-order chi connectivity index (χ1) is 12.1. The zero-order valence-electron chi connectivity index (χ0n) is 13.9. The number of anilines is 1. The molecule has 25 heavy (non-hydrogen) atoms. The second kappa shape index (κ2) is 7.49. The van der Waals surface area contributed by atoms with E-state index in [0.717, 1.165) is 22.4 Å². The van der Waals surface area contributed by atoms with Gasteiger partial charge in [-0.3, -0.25) is 4.79 Å². The van der Waals surface area contributed by atoms with E-state index >= 15 is 0 Å². The maximum absolute atomic E-state index is 11.9. The Morgan fingerprint density at radius 1 is 1.08 bits per heavy atom. The number of aromatic nitrogens is 1. The molecule has 1 heterocycles. The largest absolute Gasteiger partial charge is 0.489 e. The monoisotopic (exact) mass is 333 g/mol. The average Bonchev–Trinajstić information content (AvgIpc) is 2.61. The molecule has 3 aromatic rings. The van der Waals surface area contributed by atoms with E-state index in [1.165, 1.54) is 10.7 Å². The Hall–Kier alpha value is -3.34. The Kier molecular flexibility index (Phi) is 4.95. The van der Waals surface area contributed by atoms with Gasteiger partial charge in [0.1, 0.15) is 18.2 Å². The van der Waals surface area contributed by atoms with Crippen LogP contribution in [0.4, 0.5) is 5.82 Å². The molecule has 1 aromatic heterocycles. The third-order valence-corrected chi connectivity index (χ3v) is 3.63. The topological polar surface area (TPSA) is 69.6 Å². The molecule has 0 unspecified atom stereocenters. The molecule has 2 N–H and O–H groups in total. The lowest BCUT2D eigenvalue weighted by Crippen LogP contribution is -2.19. The van der Waals surface area contributed by atoms with Crippen molar-refractivity contribution in [1.29, 1.82) is 0 Å². The summed E-state index contributed by atoms with van der Waals surface area (Å²) < 4.78 is 6.91. The molecule has 0 atom stereocenters. The van der Waals surface area contributed by atoms with Crippen LogP contribution in [-0.4, -0.2) is 10.9 Å². The summed E-state index contributed by atoms with van der Waals surface area (Å²) in [6.07, 6.45) is 1.59. The number of aryl methyl sites for hydroxylation is 1. The molecule has 2 aromatic carbocycles. The van der Waals surface area contributed by atoms with Crippen molar-refractivity contribution in [1.82, 2.24) is 4.68 Å². The maximum Gasteiger partial charge on any atom is 0.273 e. The molecule has 0 aliphatic rings. The summed E-state index contributed by atoms with van der Waals surface area (Å²) in [4.78, 5) is 11.9. The molecule has 0 fully saturated rings. The van der Waals surface area contributed by atoms with E-state index in [9.17, 15) is 4.79 Å². The van der Waals surface area contributed by atoms with Gasteiger partial charge in [-0.15, -0.1) is 0 Å². The van der Waals surface area contributed by atoms with Crippen LogP contribution < -0.4 is 16.0 Å². The summed E-state index contributed by atoms with van der Waals surface area (Å²) in [5, 5.41) is 4.15. The lowest BCUT2D eigenvalue weighted by atomic mass is 10.2. The molecule has 0 bridgehead atoms. The molecule has 0 saturated carbocycles. The van der Waals surface area contributed by atoms with Gasteiger partial charge in [0.05, 0.1) is 6.21 Å². The highest BCUT2D eigenvalue weighted by molar-refractivity contribution is 5.79. The molecule has 126 valence electrons. The number of nitrogens with two attached hydrogens (primary N) is 1. The van der Waals surface area contributed by atoms with Crippen molar-refractivity contribution in [2.24, 2.45) is 5.10 Å². The fourth-order valence-electron chi connectivity index (χ4n) is 2.36. The van der Waals surface area contributed by atoms with Gasteiger partial charge in [0, 0.05) is 6.07 Å². The average molecular weight is 333 g/mol. The quantitative estimate of drug-likeness (QED) is 0.729. The number of hydrogen-bond donors (Lipinski definition) is 1. The van der Waals surface area contributed by atoms with Gasteiger partial charge >= 0.3 is 0 Å². The van der Waals surface area contributed by atoms with Crippen LogP contribution in [0.5, 0.6) is 5.75 Å². The van der Waals surface area contributed by atoms with Crippen LogP contribution in [0.1, 0.15) is 16.7 Å². The molecule has 0 saturated heterocycles. The Bertz CT molecular complexity index is 929. The van der Waals surface area contributed by atoms with E-state index in [-0.39, 0.29) is 5.56 Å². The van der Waals surface area contributed by atoms with Crippen molar-refractivity contribution >= 4 is 12.0 Å². The molecule has 0 spiro atoms. The molecule has 0 amide bonds. The van der Waals surface area contributed by atoms with Crippen molar-refractivity contribution in [3.63, 3.8) is 0 Å². The standard InChI is InChI=1S/C20H19N3O2/c1-15-11-19(21)23(20(24)12-15)22-13-16-7-9-18(10-8-16)25-14-17-5-3-2-4-6-17/h2-13H,14,21H2,1H3/b22-13-. The second-order valence-corrected chi connectivity index (χ2v) is 5.70. The fourth-order valence-corrected chi connectivity index (χ4v) is 2.36. The third-order valence-electron chi connectivity index (χ3n) is 3.63. The number of benzene rings is 2. The maximum atomic E-state index is 11.9. The highest BCUT2D eigenvalue weighted by atomic mass is 16.5. The summed E-state index contributed by atoms with van der Waals surface area (Å²) in [5.74, 6) is 1.08. The van der Waals surface area contributed by atoms with Crippen LogP contribution in [-0.2, 0) is 6.61 Å². The van der Waals surface area contributed by atoms with Crippen LogP contribution in [0, 0.1) is 6.92 Å². The lowest BCUT2D eigenvalue weighted by Gasteiger charge is -2.06. The summed E-state index contributed by atoms with van der Waals surface area (Å²) in [7, 11) is 0. The number of hydrogen-bond acceptors (Lipinski definition) is 4. The lowest BCUT2D eigenvalue weighted by molar-refractivity contribution is 0.306. The third kappa shape index (κ3) is 4.35. The Balaban J connectivity index is 1.68. The van der Waals surface area contributed by atoms with E-state index in [0.29, 0.717) is 12.4 Å². The molecular weight excluding hydrogens is 314 g/mol. The van der Waals surface area contributed by atoms with Crippen molar-refractivity contribution in [2.45, 2.75) is 13.5 Å². The Morgan fingerprint density at radius 2 is 1.80 bits per heavy atom. The highest BCUT2D eigenvalue weighted by Gasteiger charge is 2.00. The van der Waals surface area contributed by atoms with Crippen molar-refractivity contribution in [2.75, 3.05) is 5.73 Å². The van der Waals surface area contributed by atoms with Crippen LogP contribution in [0.2, 0.25) is 0 Å². The first-order valence-corrected chi connectivity index (χ1v) is 7.92. The highest BCUT2D eigenvalue weighted by Crippen LogP contribution is 2.13. The van der Waals surface area contributed by atoms with E-state index < -0.39 is 0 Å². The molecule has 5 nitrogen and oxygen atoms in total. The Labute approximate surface area is 146 Å². The predicted molar refractivity (Wildman–Crippen MR) is 100 cm³/mol. The molecular formula is C20H19N3O2. The minimum absolute atomic E-state index is 0.253. The van der Waals surface area contributed by atoms with Crippen LogP contribution >= 0.6 is 0 Å². The minimum atomic E-state index is -0.253. The minimum Gasteiger partial charge on any atom is -0.489 e. The summed E-state index contributed by atoms with van der Waals surface area (Å²) in [6.45, 7) is 2.34. The second-order valence-electron chi connectivity index (χ2n) is 5.70. The molecule has 0 aliphatic carbocycles. The summed E-state index contributed by atoms with van der Waals surface area (Å²) in [5.41, 5.74) is 8.35. The van der Waals surface area contributed by atoms with Crippen LogP contribution in [0.3, 0.4) is 0 Å². The first-order valence-electron chi connectivity index (χ1n) is 7.92. The molecule has 0 aliphatic heterocycles. The van der Waals surface area contributed by atoms with E-state index in [1.807, 2.05) is 61.5 Å². The van der Waals surface area contributed by atoms with Crippen molar-refractivity contribution in [3.05, 3.63) is 93.8 Å². The number of nitrogens with zero attached hydrogens (tertiary/aromatic N) is 2. The van der Waals surface area contributed by atoms with Crippen LogP contribution in [0.15, 0.2) is 76.6 Å². The molecule has 3 rings (SSSR count). The molecule has 0 radical (unpaired) electrons. The fraction of sp³-hybridized carbons (Fsp3) is 0.100. The van der Waals surface area contributed by atoms with Gasteiger partial charge in [-0.2, -0.15) is 9.78 Å². The Morgan fingerprint density at radius 3 is 2.48 bits per heavy atom. The zero-order valence-corrected chi connectivity index (χ0v) is 13.9. The van der Waals surface area contributed by atoms with E-state index in [4.69, 9.17) is 10.5 Å². The van der Waals surface area contributed by atoms with Gasteiger partial charge in [0.15, 0.2) is 0 Å². The van der Waals surface area contributed by atoms with Gasteiger partial charge in [0.2, 0.25) is 0 Å². The number of rotatable bonds is 5. The van der Waals surface area contributed by atoms with Gasteiger partial charge in [0.25, 0.3) is 5.56 Å². The van der Waals surface area contributed by atoms with Crippen molar-refractivity contribution < 1.29 is 4.74 Å². The van der Waals surface area contributed by atoms with Crippen LogP contribution in [0.25, 0.3) is 0 Å². The summed E-state index contributed by atoms with van der Waals surface area (Å²) >= 11 is 0. The van der Waals surface area contributed by atoms with Gasteiger partial charge in [-0.05, 0) is 53.9 Å². The normalized spacial score (nSPS) is 10.9. The van der Waals surface area contributed by atoms with E-state index in [1.54, 1.807) is 12.3 Å². The first kappa shape index (κ1) is 16.5. The molecule has 5 heteroatoms. The number of nitrogen functional groups attached to an aromatic ring is 1. The zero-order chi connectivity index (χ0) is 17.6. The number of pyridine rings is 1. The SMILES string of the molecule is Cc1cc(N)n(/N=C\c2ccc(OCc3ccccc3)cc2)c(=O)c1. The number of ether oxygens (including phenoxy) is 1. The van der Waals surface area contributed by atoms with Gasteiger partial charge in [-0.25, -0.2) is 0 Å². The van der Waals surface area contributed by atoms with Gasteiger partial charge in [-0.1, -0.05) is 30.3 Å². The summed E-state index contributed by atoms with van der Waals surface area (Å²) in [6, 6.07) is 20.7. The smallest absolute Gasteiger partial charge is 0.273 e. The predicted octanol–water partition coefficient (Wildman–Crippen LogP) is 3.20. The van der Waals surface area contributed by atoms with E-state index in [2.05, 4.69) is 5.10 Å². The van der Waals surface area contributed by atoms with Crippen molar-refractivity contribution in [3.8, 4) is 5.75 Å². The van der Waals surface area contributed by atoms with Gasteiger partial charge < -0.3 is 10.5 Å².